The molecule has 1 amide bonds. The van der Waals surface area contributed by atoms with Crippen molar-refractivity contribution in [1.29, 1.82) is 0 Å². The highest BCUT2D eigenvalue weighted by Gasteiger charge is 2.14. The molecule has 2 N–H and O–H groups in total. The van der Waals surface area contributed by atoms with Gasteiger partial charge < -0.3 is 10.4 Å². The number of aliphatic hydroxyl groups excluding tert-OH is 1. The van der Waals surface area contributed by atoms with Crippen molar-refractivity contribution in [2.24, 2.45) is 0 Å². The monoisotopic (exact) mass is 273 g/mol. The third kappa shape index (κ3) is 4.16. The highest BCUT2D eigenvalue weighted by atomic mass is 32.2. The topological polar surface area (TPSA) is 92.2 Å². The molecule has 0 saturated carbocycles. The summed E-state index contributed by atoms with van der Waals surface area (Å²) in [6.07, 6.45) is 0. The lowest BCUT2D eigenvalue weighted by Gasteiger charge is -2.00. The number of thioether (sulfide) groups is 1. The van der Waals surface area contributed by atoms with Crippen molar-refractivity contribution in [1.82, 2.24) is 10.2 Å². The van der Waals surface area contributed by atoms with E-state index in [2.05, 4.69) is 15.5 Å². The average molecular weight is 273 g/mol. The molecule has 0 fully saturated rings. The van der Waals surface area contributed by atoms with Gasteiger partial charge in [0.15, 0.2) is 10.1 Å². The molecule has 0 spiro atoms. The number of carbonyl (C=O) groups excluding carboxylic acids is 2. The maximum atomic E-state index is 11.2. The minimum atomic E-state index is -0.244. The Balaban J connectivity index is 2.82. The molecule has 1 aromatic heterocycles. The molecule has 1 rings (SSSR count). The molecule has 0 aliphatic rings. The summed E-state index contributed by atoms with van der Waals surface area (Å²) in [7, 11) is 0. The van der Waals surface area contributed by atoms with Crippen LogP contribution in [0.5, 0.6) is 0 Å². The fraction of sp³-hybridized carbons (Fsp3) is 0.333. The van der Waals surface area contributed by atoms with Crippen LogP contribution in [0.15, 0.2) is 15.0 Å². The highest BCUT2D eigenvalue weighted by molar-refractivity contribution is 8.05. The molecule has 8 heteroatoms. The summed E-state index contributed by atoms with van der Waals surface area (Å²) in [4.78, 5) is 22.2. The summed E-state index contributed by atoms with van der Waals surface area (Å²) in [5.41, 5.74) is 0. The van der Waals surface area contributed by atoms with Crippen molar-refractivity contribution in [3.05, 3.63) is 10.7 Å². The summed E-state index contributed by atoms with van der Waals surface area (Å²) in [5.74, 6) is -0.538. The highest BCUT2D eigenvalue weighted by Crippen LogP contribution is 2.32. The number of carbonyl (C=O) groups is 2. The van der Waals surface area contributed by atoms with Gasteiger partial charge in [0.1, 0.15) is 5.76 Å². The number of hydrogen-bond donors (Lipinski definition) is 2. The fourth-order valence-electron chi connectivity index (χ4n) is 0.940. The predicted molar refractivity (Wildman–Crippen MR) is 66.1 cm³/mol. The molecular weight excluding hydrogens is 262 g/mol. The van der Waals surface area contributed by atoms with Crippen LogP contribution < -0.4 is 5.32 Å². The van der Waals surface area contributed by atoms with Crippen LogP contribution in [0, 0.1) is 0 Å². The number of hydrogen-bond acceptors (Lipinski definition) is 7. The van der Waals surface area contributed by atoms with Crippen molar-refractivity contribution in [2.45, 2.75) is 25.1 Å². The van der Waals surface area contributed by atoms with Crippen molar-refractivity contribution < 1.29 is 14.7 Å². The summed E-state index contributed by atoms with van der Waals surface area (Å²) >= 11 is 2.16. The minimum Gasteiger partial charge on any atom is -0.511 e. The van der Waals surface area contributed by atoms with Crippen LogP contribution in [-0.4, -0.2) is 27.0 Å². The van der Waals surface area contributed by atoms with Gasteiger partial charge >= 0.3 is 0 Å². The number of rotatable bonds is 4. The lowest BCUT2D eigenvalue weighted by atomic mass is 10.4. The van der Waals surface area contributed by atoms with Crippen LogP contribution in [0.4, 0.5) is 5.13 Å². The van der Waals surface area contributed by atoms with E-state index in [1.165, 1.54) is 20.8 Å². The molecule has 0 aliphatic heterocycles. The van der Waals surface area contributed by atoms with Gasteiger partial charge in [-0.1, -0.05) is 11.3 Å². The van der Waals surface area contributed by atoms with E-state index in [0.29, 0.717) is 9.47 Å². The lowest BCUT2D eigenvalue weighted by Crippen LogP contribution is -2.04. The van der Waals surface area contributed by atoms with Crippen LogP contribution in [0.3, 0.4) is 0 Å². The van der Waals surface area contributed by atoms with Crippen LogP contribution in [0.2, 0.25) is 0 Å². The standard InChI is InChI=1S/C9H11N3O3S2/c1-4(13)7(5(2)14)16-9-12-11-8(17-9)10-6(3)15/h13H,1-3H3,(H,10,11,15)/b7-4+. The summed E-state index contributed by atoms with van der Waals surface area (Å²) in [5, 5.41) is 19.7. The number of anilines is 1. The number of aliphatic hydroxyl groups is 1. The third-order valence-electron chi connectivity index (χ3n) is 1.53. The van der Waals surface area contributed by atoms with E-state index < -0.39 is 0 Å². The summed E-state index contributed by atoms with van der Waals surface area (Å²) < 4.78 is 0.479. The molecule has 6 nitrogen and oxygen atoms in total. The first kappa shape index (κ1) is 13.7. The minimum absolute atomic E-state index is 0.0567. The SMILES string of the molecule is CC(=O)Nc1nnc(S/C(C(C)=O)=C(\C)O)s1. The van der Waals surface area contributed by atoms with Crippen LogP contribution in [0.1, 0.15) is 20.8 Å². The first-order valence-corrected chi connectivity index (χ1v) is 6.23. The van der Waals surface area contributed by atoms with Crippen molar-refractivity contribution in [3.8, 4) is 0 Å². The van der Waals surface area contributed by atoms with E-state index in [-0.39, 0.29) is 22.4 Å². The second-order valence-corrected chi connectivity index (χ2v) is 5.36. The number of ketones is 1. The van der Waals surface area contributed by atoms with E-state index in [1.807, 2.05) is 0 Å². The number of amides is 1. The first-order valence-electron chi connectivity index (χ1n) is 4.60. The van der Waals surface area contributed by atoms with Gasteiger partial charge in [-0.2, -0.15) is 0 Å². The van der Waals surface area contributed by atoms with Crippen molar-refractivity contribution >= 4 is 39.9 Å². The molecule has 1 aromatic rings. The normalized spacial score (nSPS) is 11.9. The van der Waals surface area contributed by atoms with Crippen LogP contribution in [0.25, 0.3) is 0 Å². The summed E-state index contributed by atoms with van der Waals surface area (Å²) in [6, 6.07) is 0. The van der Waals surface area contributed by atoms with Gasteiger partial charge in [0.25, 0.3) is 0 Å². The number of nitrogens with one attached hydrogen (secondary N) is 1. The van der Waals surface area contributed by atoms with Gasteiger partial charge in [-0.05, 0) is 25.6 Å². The zero-order valence-corrected chi connectivity index (χ0v) is 11.1. The van der Waals surface area contributed by atoms with Crippen LogP contribution in [-0.2, 0) is 9.59 Å². The van der Waals surface area contributed by atoms with Gasteiger partial charge in [-0.25, -0.2) is 0 Å². The largest absolute Gasteiger partial charge is 0.511 e. The van der Waals surface area contributed by atoms with Gasteiger partial charge in [0.2, 0.25) is 11.0 Å². The second-order valence-electron chi connectivity index (χ2n) is 3.13. The first-order chi connectivity index (χ1) is 7.90. The third-order valence-corrected chi connectivity index (χ3v) is 3.70. The summed E-state index contributed by atoms with van der Waals surface area (Å²) in [6.45, 7) is 4.16. The molecule has 0 bridgehead atoms. The van der Waals surface area contributed by atoms with Gasteiger partial charge in [-0.3, -0.25) is 9.59 Å². The van der Waals surface area contributed by atoms with E-state index in [0.717, 1.165) is 23.1 Å². The molecular formula is C9H11N3O3S2. The molecule has 0 atom stereocenters. The molecule has 92 valence electrons. The van der Waals surface area contributed by atoms with Gasteiger partial charge in [0, 0.05) is 6.92 Å². The quantitative estimate of drug-likeness (QED) is 0.377. The molecule has 0 aromatic carbocycles. The van der Waals surface area contributed by atoms with E-state index >= 15 is 0 Å². The van der Waals surface area contributed by atoms with Crippen molar-refractivity contribution in [2.75, 3.05) is 5.32 Å². The Morgan fingerprint density at radius 2 is 1.94 bits per heavy atom. The Hall–Kier alpha value is -1.41. The maximum absolute atomic E-state index is 11.2. The average Bonchev–Trinajstić information content (AvgIpc) is 2.59. The number of aromatic nitrogens is 2. The number of allylic oxidation sites excluding steroid dienone is 2. The zero-order chi connectivity index (χ0) is 13.0. The zero-order valence-electron chi connectivity index (χ0n) is 9.47. The Morgan fingerprint density at radius 1 is 1.29 bits per heavy atom. The molecule has 17 heavy (non-hydrogen) atoms. The Morgan fingerprint density at radius 3 is 2.41 bits per heavy atom. The molecule has 0 aliphatic carbocycles. The van der Waals surface area contributed by atoms with E-state index in [4.69, 9.17) is 0 Å². The molecule has 1 heterocycles. The van der Waals surface area contributed by atoms with Crippen molar-refractivity contribution in [3.63, 3.8) is 0 Å². The smallest absolute Gasteiger partial charge is 0.223 e. The maximum Gasteiger partial charge on any atom is 0.223 e. The lowest BCUT2D eigenvalue weighted by molar-refractivity contribution is -0.114. The number of Topliss-reactive ketones (excluding diaryl/α,β-unsaturated/α-hetero) is 1. The fourth-order valence-corrected chi connectivity index (χ4v) is 2.66. The molecule has 0 saturated heterocycles. The van der Waals surface area contributed by atoms with Gasteiger partial charge in [-0.15, -0.1) is 10.2 Å². The predicted octanol–water partition coefficient (Wildman–Crippen LogP) is 1.97. The van der Waals surface area contributed by atoms with E-state index in [1.54, 1.807) is 0 Å². The van der Waals surface area contributed by atoms with Gasteiger partial charge in [0.05, 0.1) is 4.91 Å². The van der Waals surface area contributed by atoms with Crippen LogP contribution >= 0.6 is 23.1 Å². The number of nitrogens with zero attached hydrogens (tertiary/aromatic N) is 2. The molecule has 0 radical (unpaired) electrons. The molecule has 0 unspecified atom stereocenters. The Labute approximate surface area is 106 Å². The Kier molecular flexibility index (Phi) is 4.64. The Bertz CT molecular complexity index is 478. The van der Waals surface area contributed by atoms with E-state index in [9.17, 15) is 14.7 Å². The second kappa shape index (κ2) is 5.78.